The van der Waals surface area contributed by atoms with Crippen molar-refractivity contribution in [2.75, 3.05) is 6.54 Å². The van der Waals surface area contributed by atoms with Gasteiger partial charge in [0, 0.05) is 0 Å². The third-order valence-electron chi connectivity index (χ3n) is 1.58. The molecule has 0 aliphatic heterocycles. The molecule has 0 saturated carbocycles. The molecule has 3 N–H and O–H groups in total. The van der Waals surface area contributed by atoms with Gasteiger partial charge in [0.05, 0.1) is 6.10 Å². The summed E-state index contributed by atoms with van der Waals surface area (Å²) in [6.45, 7) is 2.64. The van der Waals surface area contributed by atoms with Crippen LogP contribution in [-0.4, -0.2) is 17.8 Å². The molecule has 0 fully saturated rings. The molecule has 2 heteroatoms. The third kappa shape index (κ3) is 7.92. The Labute approximate surface area is 63.4 Å². The zero-order valence-corrected chi connectivity index (χ0v) is 6.84. The molecular weight excluding hydrogens is 126 g/mol. The summed E-state index contributed by atoms with van der Waals surface area (Å²) in [6.07, 6.45) is 5.49. The van der Waals surface area contributed by atoms with Crippen LogP contribution in [0, 0.1) is 0 Å². The Morgan fingerprint density at radius 1 is 1.20 bits per heavy atom. The number of hydrogen-bond acceptors (Lipinski definition) is 2. The Balaban J connectivity index is 2.77. The van der Waals surface area contributed by atoms with Gasteiger partial charge in [0.1, 0.15) is 0 Å². The van der Waals surface area contributed by atoms with Gasteiger partial charge in [-0.2, -0.15) is 0 Å². The SMILES string of the molecule is C[C@@H](O)CCCCCCN. The van der Waals surface area contributed by atoms with Crippen molar-refractivity contribution < 1.29 is 5.11 Å². The van der Waals surface area contributed by atoms with Crippen LogP contribution in [0.4, 0.5) is 0 Å². The highest BCUT2D eigenvalue weighted by Crippen LogP contribution is 2.04. The number of unbranched alkanes of at least 4 members (excludes halogenated alkanes) is 3. The fourth-order valence-corrected chi connectivity index (χ4v) is 0.938. The number of nitrogens with two attached hydrogens (primary N) is 1. The normalized spacial score (nSPS) is 13.5. The lowest BCUT2D eigenvalue weighted by Gasteiger charge is -2.02. The van der Waals surface area contributed by atoms with Gasteiger partial charge in [-0.1, -0.05) is 19.3 Å². The van der Waals surface area contributed by atoms with Gasteiger partial charge in [0.25, 0.3) is 0 Å². The Bertz CT molecular complexity index is 64.3. The van der Waals surface area contributed by atoms with E-state index in [1.54, 1.807) is 0 Å². The van der Waals surface area contributed by atoms with E-state index in [9.17, 15) is 0 Å². The number of hydrogen-bond donors (Lipinski definition) is 2. The van der Waals surface area contributed by atoms with E-state index in [-0.39, 0.29) is 6.10 Å². The van der Waals surface area contributed by atoms with E-state index in [0.29, 0.717) is 0 Å². The van der Waals surface area contributed by atoms with Gasteiger partial charge in [-0.15, -0.1) is 0 Å². The molecule has 0 heterocycles. The van der Waals surface area contributed by atoms with Gasteiger partial charge in [-0.3, -0.25) is 0 Å². The van der Waals surface area contributed by atoms with Crippen LogP contribution in [0.2, 0.25) is 0 Å². The van der Waals surface area contributed by atoms with E-state index in [1.165, 1.54) is 12.8 Å². The average molecular weight is 145 g/mol. The maximum absolute atomic E-state index is 8.88. The van der Waals surface area contributed by atoms with Gasteiger partial charge < -0.3 is 10.8 Å². The van der Waals surface area contributed by atoms with Gasteiger partial charge in [-0.05, 0) is 26.3 Å². The lowest BCUT2D eigenvalue weighted by atomic mass is 10.1. The first kappa shape index (κ1) is 9.92. The van der Waals surface area contributed by atoms with Crippen molar-refractivity contribution in [3.8, 4) is 0 Å². The quantitative estimate of drug-likeness (QED) is 0.553. The molecule has 0 rings (SSSR count). The summed E-state index contributed by atoms with van der Waals surface area (Å²) >= 11 is 0. The molecular formula is C8H19NO. The highest BCUT2D eigenvalue weighted by Gasteiger charge is 1.94. The zero-order chi connectivity index (χ0) is 7.82. The summed E-state index contributed by atoms with van der Waals surface area (Å²) in [5, 5.41) is 8.88. The van der Waals surface area contributed by atoms with Crippen LogP contribution in [0.25, 0.3) is 0 Å². The summed E-state index contributed by atoms with van der Waals surface area (Å²) in [6, 6.07) is 0. The fourth-order valence-electron chi connectivity index (χ4n) is 0.938. The molecule has 0 aliphatic carbocycles. The Morgan fingerprint density at radius 3 is 2.30 bits per heavy atom. The molecule has 2 nitrogen and oxygen atoms in total. The van der Waals surface area contributed by atoms with Crippen LogP contribution >= 0.6 is 0 Å². The summed E-state index contributed by atoms with van der Waals surface area (Å²) in [5.74, 6) is 0. The molecule has 0 aromatic rings. The summed E-state index contributed by atoms with van der Waals surface area (Å²) in [5.41, 5.74) is 5.32. The fraction of sp³-hybridized carbons (Fsp3) is 1.00. The number of aliphatic hydroxyl groups excluding tert-OH is 1. The maximum atomic E-state index is 8.88. The first-order valence-corrected chi connectivity index (χ1v) is 4.15. The van der Waals surface area contributed by atoms with Gasteiger partial charge >= 0.3 is 0 Å². The van der Waals surface area contributed by atoms with Crippen molar-refractivity contribution in [1.29, 1.82) is 0 Å². The van der Waals surface area contributed by atoms with Gasteiger partial charge in [-0.25, -0.2) is 0 Å². The van der Waals surface area contributed by atoms with Crippen LogP contribution in [0.5, 0.6) is 0 Å². The van der Waals surface area contributed by atoms with E-state index in [4.69, 9.17) is 10.8 Å². The monoisotopic (exact) mass is 145 g/mol. The topological polar surface area (TPSA) is 46.2 Å². The number of aliphatic hydroxyl groups is 1. The van der Waals surface area contributed by atoms with Gasteiger partial charge in [0.15, 0.2) is 0 Å². The summed E-state index contributed by atoms with van der Waals surface area (Å²) in [7, 11) is 0. The molecule has 62 valence electrons. The van der Waals surface area contributed by atoms with Crippen LogP contribution in [-0.2, 0) is 0 Å². The second-order valence-electron chi connectivity index (χ2n) is 2.84. The Morgan fingerprint density at radius 2 is 1.80 bits per heavy atom. The first-order chi connectivity index (χ1) is 4.77. The molecule has 0 aromatic heterocycles. The van der Waals surface area contributed by atoms with E-state index in [0.717, 1.165) is 25.8 Å². The average Bonchev–Trinajstić information content (AvgIpc) is 1.87. The largest absolute Gasteiger partial charge is 0.393 e. The molecule has 0 amide bonds. The van der Waals surface area contributed by atoms with Crippen molar-refractivity contribution in [3.63, 3.8) is 0 Å². The molecule has 0 spiro atoms. The first-order valence-electron chi connectivity index (χ1n) is 4.15. The maximum Gasteiger partial charge on any atom is 0.0512 e. The van der Waals surface area contributed by atoms with Crippen molar-refractivity contribution in [2.24, 2.45) is 5.73 Å². The molecule has 0 saturated heterocycles. The van der Waals surface area contributed by atoms with Crippen LogP contribution in [0.3, 0.4) is 0 Å². The second-order valence-corrected chi connectivity index (χ2v) is 2.84. The zero-order valence-electron chi connectivity index (χ0n) is 6.84. The summed E-state index contributed by atoms with van der Waals surface area (Å²) in [4.78, 5) is 0. The lowest BCUT2D eigenvalue weighted by Crippen LogP contribution is -2.00. The van der Waals surface area contributed by atoms with Crippen molar-refractivity contribution in [3.05, 3.63) is 0 Å². The van der Waals surface area contributed by atoms with E-state index < -0.39 is 0 Å². The predicted octanol–water partition coefficient (Wildman–Crippen LogP) is 1.28. The minimum Gasteiger partial charge on any atom is -0.393 e. The molecule has 0 aromatic carbocycles. The van der Waals surface area contributed by atoms with Crippen LogP contribution in [0.15, 0.2) is 0 Å². The highest BCUT2D eigenvalue weighted by atomic mass is 16.3. The predicted molar refractivity (Wildman–Crippen MR) is 43.8 cm³/mol. The standard InChI is InChI=1S/C8H19NO/c1-8(10)6-4-2-3-5-7-9/h8,10H,2-7,9H2,1H3/t8-/m1/s1. The van der Waals surface area contributed by atoms with Crippen LogP contribution in [0.1, 0.15) is 39.0 Å². The van der Waals surface area contributed by atoms with Crippen LogP contribution < -0.4 is 5.73 Å². The lowest BCUT2D eigenvalue weighted by molar-refractivity contribution is 0.180. The molecule has 1 atom stereocenters. The molecule has 0 bridgehead atoms. The molecule has 10 heavy (non-hydrogen) atoms. The number of rotatable bonds is 6. The molecule has 0 radical (unpaired) electrons. The Hall–Kier alpha value is -0.0800. The minimum absolute atomic E-state index is 0.127. The second kappa shape index (κ2) is 7.03. The third-order valence-corrected chi connectivity index (χ3v) is 1.58. The van der Waals surface area contributed by atoms with E-state index >= 15 is 0 Å². The van der Waals surface area contributed by atoms with Crippen molar-refractivity contribution in [1.82, 2.24) is 0 Å². The highest BCUT2D eigenvalue weighted by molar-refractivity contribution is 4.48. The van der Waals surface area contributed by atoms with Gasteiger partial charge in [0.2, 0.25) is 0 Å². The van der Waals surface area contributed by atoms with Crippen molar-refractivity contribution in [2.45, 2.75) is 45.1 Å². The molecule has 0 unspecified atom stereocenters. The van der Waals surface area contributed by atoms with E-state index in [1.807, 2.05) is 6.92 Å². The van der Waals surface area contributed by atoms with E-state index in [2.05, 4.69) is 0 Å². The van der Waals surface area contributed by atoms with Crippen molar-refractivity contribution >= 4 is 0 Å². The minimum atomic E-state index is -0.127. The smallest absolute Gasteiger partial charge is 0.0512 e. The Kier molecular flexibility index (Phi) is 6.98. The molecule has 0 aliphatic rings. The summed E-state index contributed by atoms with van der Waals surface area (Å²) < 4.78 is 0.